The lowest BCUT2D eigenvalue weighted by Crippen LogP contribution is -2.44. The largest absolute Gasteiger partial charge is 0.375 e. The summed E-state index contributed by atoms with van der Waals surface area (Å²) in [5.74, 6) is 11.2. The Morgan fingerprint density at radius 2 is 1.33 bits per heavy atom. The summed E-state index contributed by atoms with van der Waals surface area (Å²) >= 11 is 0. The lowest BCUT2D eigenvalue weighted by molar-refractivity contribution is -0.0744. The van der Waals surface area contributed by atoms with Gasteiger partial charge in [0, 0.05) is 0 Å². The lowest BCUT2D eigenvalue weighted by Gasteiger charge is -2.47. The molecule has 6 rings (SSSR count). The summed E-state index contributed by atoms with van der Waals surface area (Å²) in [5.41, 5.74) is 0. The zero-order chi connectivity index (χ0) is 13.9. The van der Waals surface area contributed by atoms with Gasteiger partial charge >= 0.3 is 0 Å². The van der Waals surface area contributed by atoms with Gasteiger partial charge in [-0.15, -0.1) is 0 Å². The Kier molecular flexibility index (Phi) is 2.29. The van der Waals surface area contributed by atoms with Crippen LogP contribution in [0.15, 0.2) is 0 Å². The van der Waals surface area contributed by atoms with Crippen LogP contribution in [0.4, 0.5) is 0 Å². The van der Waals surface area contributed by atoms with Crippen LogP contribution in [-0.2, 0) is 4.74 Å². The first kappa shape index (κ1) is 12.4. The van der Waals surface area contributed by atoms with Gasteiger partial charge in [-0.3, -0.25) is 0 Å². The molecule has 0 aromatic carbocycles. The second kappa shape index (κ2) is 3.89. The summed E-state index contributed by atoms with van der Waals surface area (Å²) in [6.45, 7) is 4.46. The van der Waals surface area contributed by atoms with Crippen LogP contribution in [0.1, 0.15) is 52.4 Å². The third-order valence-electron chi connectivity index (χ3n) is 9.09. The minimum absolute atomic E-state index is 0.432. The Labute approximate surface area is 129 Å². The van der Waals surface area contributed by atoms with Crippen molar-refractivity contribution in [1.29, 1.82) is 0 Å². The third-order valence-corrected chi connectivity index (χ3v) is 9.09. The second-order valence-electron chi connectivity index (χ2n) is 9.82. The zero-order valence-electron chi connectivity index (χ0n) is 13.6. The van der Waals surface area contributed by atoms with Crippen molar-refractivity contribution in [3.05, 3.63) is 0 Å². The zero-order valence-corrected chi connectivity index (χ0v) is 13.6. The monoisotopic (exact) mass is 286 g/mol. The van der Waals surface area contributed by atoms with Crippen molar-refractivity contribution in [2.75, 3.05) is 0 Å². The van der Waals surface area contributed by atoms with E-state index < -0.39 is 0 Å². The van der Waals surface area contributed by atoms with Crippen molar-refractivity contribution in [3.63, 3.8) is 0 Å². The van der Waals surface area contributed by atoms with Crippen LogP contribution in [0, 0.1) is 59.2 Å². The molecule has 21 heavy (non-hydrogen) atoms. The van der Waals surface area contributed by atoms with Crippen molar-refractivity contribution in [1.82, 2.24) is 0 Å². The normalized spacial score (nSPS) is 65.6. The minimum atomic E-state index is 0.432. The van der Waals surface area contributed by atoms with Crippen LogP contribution in [0.2, 0.25) is 0 Å². The van der Waals surface area contributed by atoms with Gasteiger partial charge in [-0.2, -0.15) is 0 Å². The Morgan fingerprint density at radius 3 is 2.05 bits per heavy atom. The van der Waals surface area contributed by atoms with E-state index in [0.29, 0.717) is 12.2 Å². The Bertz CT molecular complexity index is 470. The molecule has 6 saturated carbocycles. The predicted molar refractivity (Wildman–Crippen MR) is 82.6 cm³/mol. The van der Waals surface area contributed by atoms with Crippen molar-refractivity contribution >= 4 is 0 Å². The summed E-state index contributed by atoms with van der Waals surface area (Å²) in [6, 6.07) is 0. The Hall–Kier alpha value is -0.0400. The summed E-state index contributed by atoms with van der Waals surface area (Å²) in [6.07, 6.45) is 10.5. The molecule has 6 bridgehead atoms. The van der Waals surface area contributed by atoms with Crippen LogP contribution >= 0.6 is 0 Å². The molecule has 0 aliphatic heterocycles. The van der Waals surface area contributed by atoms with Gasteiger partial charge < -0.3 is 4.74 Å². The molecule has 0 aromatic rings. The molecule has 0 amide bonds. The van der Waals surface area contributed by atoms with E-state index in [-0.39, 0.29) is 0 Å². The van der Waals surface area contributed by atoms with Crippen molar-refractivity contribution in [2.45, 2.75) is 64.6 Å². The summed E-state index contributed by atoms with van der Waals surface area (Å²) in [5, 5.41) is 0. The maximum absolute atomic E-state index is 6.33. The summed E-state index contributed by atoms with van der Waals surface area (Å²) < 4.78 is 6.33. The maximum Gasteiger partial charge on any atom is 0.0612 e. The van der Waals surface area contributed by atoms with Gasteiger partial charge in [0.15, 0.2) is 0 Å². The number of rotatable bonds is 2. The molecule has 116 valence electrons. The molecular formula is C20H30O. The molecule has 0 saturated heterocycles. The van der Waals surface area contributed by atoms with Gasteiger partial charge in [-0.05, 0) is 112 Å². The summed E-state index contributed by atoms with van der Waals surface area (Å²) in [4.78, 5) is 0. The van der Waals surface area contributed by atoms with Gasteiger partial charge in [-0.25, -0.2) is 0 Å². The van der Waals surface area contributed by atoms with Gasteiger partial charge in [0.2, 0.25) is 0 Å². The van der Waals surface area contributed by atoms with E-state index in [9.17, 15) is 0 Å². The molecule has 6 aliphatic rings. The molecule has 11 atom stereocenters. The Morgan fingerprint density at radius 1 is 0.667 bits per heavy atom. The fraction of sp³-hybridized carbons (Fsp3) is 1.00. The molecule has 0 heterocycles. The highest BCUT2D eigenvalue weighted by molar-refractivity contribution is 5.19. The van der Waals surface area contributed by atoms with E-state index in [1.54, 1.807) is 25.7 Å². The molecule has 1 nitrogen and oxygen atoms in total. The van der Waals surface area contributed by atoms with Crippen LogP contribution < -0.4 is 0 Å². The van der Waals surface area contributed by atoms with Crippen LogP contribution in [-0.4, -0.2) is 12.2 Å². The fourth-order valence-corrected chi connectivity index (χ4v) is 9.24. The average molecular weight is 286 g/mol. The molecule has 0 spiro atoms. The van der Waals surface area contributed by atoms with E-state index in [0.717, 1.165) is 47.3 Å². The summed E-state index contributed by atoms with van der Waals surface area (Å²) in [7, 11) is 0. The SMILES string of the molecule is CC(C)OC1CC2CC1C1C3CC(C4C5CCC(C5)C34)C21. The average Bonchev–Trinajstić information content (AvgIpc) is 3.22. The van der Waals surface area contributed by atoms with Gasteiger partial charge in [0.25, 0.3) is 0 Å². The lowest BCUT2D eigenvalue weighted by atomic mass is 9.59. The molecule has 6 fully saturated rings. The van der Waals surface area contributed by atoms with E-state index in [2.05, 4.69) is 13.8 Å². The van der Waals surface area contributed by atoms with E-state index >= 15 is 0 Å². The van der Waals surface area contributed by atoms with E-state index in [1.807, 2.05) is 0 Å². The standard InChI is InChI=1S/C20H30O/c1-9(2)21-16-7-12-6-13(16)20-15-8-14(19(12)20)17-10-3-4-11(5-10)18(15)17/h9-20H,3-8H2,1-2H3. The molecule has 0 N–H and O–H groups in total. The fourth-order valence-electron chi connectivity index (χ4n) is 9.24. The molecular weight excluding hydrogens is 256 g/mol. The highest BCUT2D eigenvalue weighted by atomic mass is 16.5. The first-order valence-electron chi connectivity index (χ1n) is 9.88. The van der Waals surface area contributed by atoms with Gasteiger partial charge in [0.05, 0.1) is 12.2 Å². The predicted octanol–water partition coefficient (Wildman–Crippen LogP) is 4.36. The highest BCUT2D eigenvalue weighted by Gasteiger charge is 2.71. The molecule has 11 unspecified atom stereocenters. The number of ether oxygens (including phenoxy) is 1. The number of hydrogen-bond acceptors (Lipinski definition) is 1. The number of hydrogen-bond donors (Lipinski definition) is 0. The third kappa shape index (κ3) is 1.35. The molecule has 1 heteroatoms. The van der Waals surface area contributed by atoms with E-state index in [1.165, 1.54) is 24.7 Å². The second-order valence-corrected chi connectivity index (χ2v) is 9.82. The van der Waals surface area contributed by atoms with E-state index in [4.69, 9.17) is 4.74 Å². The first-order valence-corrected chi connectivity index (χ1v) is 9.88. The highest BCUT2D eigenvalue weighted by Crippen LogP contribution is 2.76. The minimum Gasteiger partial charge on any atom is -0.375 e. The smallest absolute Gasteiger partial charge is 0.0612 e. The van der Waals surface area contributed by atoms with Crippen LogP contribution in [0.3, 0.4) is 0 Å². The van der Waals surface area contributed by atoms with Gasteiger partial charge in [-0.1, -0.05) is 0 Å². The van der Waals surface area contributed by atoms with Crippen LogP contribution in [0.25, 0.3) is 0 Å². The van der Waals surface area contributed by atoms with Crippen LogP contribution in [0.5, 0.6) is 0 Å². The van der Waals surface area contributed by atoms with Crippen molar-refractivity contribution in [2.24, 2.45) is 59.2 Å². The Balaban J connectivity index is 1.33. The molecule has 0 aromatic heterocycles. The quantitative estimate of drug-likeness (QED) is 0.685. The molecule has 6 aliphatic carbocycles. The number of fused-ring (bicyclic) bond motifs is 16. The first-order chi connectivity index (χ1) is 10.2. The van der Waals surface area contributed by atoms with Gasteiger partial charge in [0.1, 0.15) is 0 Å². The van der Waals surface area contributed by atoms with Crippen molar-refractivity contribution < 1.29 is 4.74 Å². The topological polar surface area (TPSA) is 9.23 Å². The van der Waals surface area contributed by atoms with Crippen molar-refractivity contribution in [3.8, 4) is 0 Å². The maximum atomic E-state index is 6.33. The molecule has 0 radical (unpaired) electrons.